The topological polar surface area (TPSA) is 82.5 Å². The molecule has 0 bridgehead atoms. The van der Waals surface area contributed by atoms with Crippen molar-refractivity contribution in [3.8, 4) is 0 Å². The maximum absolute atomic E-state index is 11.5. The van der Waals surface area contributed by atoms with Crippen LogP contribution in [0.1, 0.15) is 38.1 Å². The Kier molecular flexibility index (Phi) is 3.63. The summed E-state index contributed by atoms with van der Waals surface area (Å²) in [4.78, 5) is 15.6. The van der Waals surface area contributed by atoms with Crippen molar-refractivity contribution in [2.75, 3.05) is 5.32 Å². The molecule has 1 aromatic heterocycles. The number of aromatic nitrogens is 1. The Bertz CT molecular complexity index is 687. The van der Waals surface area contributed by atoms with Crippen molar-refractivity contribution in [3.63, 3.8) is 0 Å². The quantitative estimate of drug-likeness (QED) is 0.805. The van der Waals surface area contributed by atoms with Gasteiger partial charge in [0.25, 0.3) is 0 Å². The van der Waals surface area contributed by atoms with Crippen LogP contribution in [0.5, 0.6) is 0 Å². The SMILES string of the molecule is CC(C)(O)C(C)(C)Nc1c(C(=O)O)cnc2ccccc12. The van der Waals surface area contributed by atoms with Crippen LogP contribution in [0.3, 0.4) is 0 Å². The molecule has 0 aliphatic carbocycles. The lowest BCUT2D eigenvalue weighted by molar-refractivity contribution is 0.0240. The average molecular weight is 288 g/mol. The molecule has 5 nitrogen and oxygen atoms in total. The highest BCUT2D eigenvalue weighted by Crippen LogP contribution is 2.32. The molecule has 0 radical (unpaired) electrons. The van der Waals surface area contributed by atoms with Crippen molar-refractivity contribution in [1.29, 1.82) is 0 Å². The summed E-state index contributed by atoms with van der Waals surface area (Å²) in [5.74, 6) is -1.05. The van der Waals surface area contributed by atoms with E-state index in [0.717, 1.165) is 5.39 Å². The number of nitrogens with zero attached hydrogens (tertiary/aromatic N) is 1. The number of hydrogen-bond donors (Lipinski definition) is 3. The maximum atomic E-state index is 11.5. The molecule has 0 aliphatic heterocycles. The van der Waals surface area contributed by atoms with Gasteiger partial charge < -0.3 is 15.5 Å². The van der Waals surface area contributed by atoms with Crippen LogP contribution in [0.15, 0.2) is 30.5 Å². The van der Waals surface area contributed by atoms with Gasteiger partial charge in [-0.15, -0.1) is 0 Å². The number of rotatable bonds is 4. The molecule has 21 heavy (non-hydrogen) atoms. The molecule has 0 saturated heterocycles. The highest BCUT2D eigenvalue weighted by Gasteiger charge is 2.36. The van der Waals surface area contributed by atoms with E-state index in [1.165, 1.54) is 6.20 Å². The number of nitrogens with one attached hydrogen (secondary N) is 1. The Labute approximate surface area is 123 Å². The first-order valence-corrected chi connectivity index (χ1v) is 6.75. The molecular weight excluding hydrogens is 268 g/mol. The van der Waals surface area contributed by atoms with E-state index in [2.05, 4.69) is 10.3 Å². The van der Waals surface area contributed by atoms with Crippen molar-refractivity contribution in [2.24, 2.45) is 0 Å². The fraction of sp³-hybridized carbons (Fsp3) is 0.375. The molecule has 0 atom stereocenters. The smallest absolute Gasteiger partial charge is 0.339 e. The molecule has 1 heterocycles. The summed E-state index contributed by atoms with van der Waals surface area (Å²) in [7, 11) is 0. The maximum Gasteiger partial charge on any atom is 0.339 e. The van der Waals surface area contributed by atoms with E-state index >= 15 is 0 Å². The average Bonchev–Trinajstić information content (AvgIpc) is 2.37. The minimum Gasteiger partial charge on any atom is -0.478 e. The molecule has 0 fully saturated rings. The fourth-order valence-corrected chi connectivity index (χ4v) is 1.90. The van der Waals surface area contributed by atoms with Crippen molar-refractivity contribution in [1.82, 2.24) is 4.98 Å². The highest BCUT2D eigenvalue weighted by atomic mass is 16.4. The Morgan fingerprint density at radius 3 is 2.38 bits per heavy atom. The Morgan fingerprint density at radius 2 is 1.81 bits per heavy atom. The van der Waals surface area contributed by atoms with Gasteiger partial charge in [-0.05, 0) is 33.8 Å². The normalized spacial score (nSPS) is 12.4. The largest absolute Gasteiger partial charge is 0.478 e. The van der Waals surface area contributed by atoms with Gasteiger partial charge in [-0.3, -0.25) is 4.98 Å². The lowest BCUT2D eigenvalue weighted by atomic mass is 9.85. The van der Waals surface area contributed by atoms with Crippen LogP contribution in [0.4, 0.5) is 5.69 Å². The Balaban J connectivity index is 2.65. The van der Waals surface area contributed by atoms with Crippen molar-refractivity contribution < 1.29 is 15.0 Å². The predicted octanol–water partition coefficient (Wildman–Crippen LogP) is 2.89. The molecule has 0 unspecified atom stereocenters. The van der Waals surface area contributed by atoms with E-state index in [9.17, 15) is 15.0 Å². The minimum atomic E-state index is -1.05. The Hall–Kier alpha value is -2.14. The summed E-state index contributed by atoms with van der Waals surface area (Å²) < 4.78 is 0. The van der Waals surface area contributed by atoms with Gasteiger partial charge in [-0.2, -0.15) is 0 Å². The number of aliphatic hydroxyl groups is 1. The number of fused-ring (bicyclic) bond motifs is 1. The molecule has 5 heteroatoms. The molecule has 0 amide bonds. The van der Waals surface area contributed by atoms with E-state index in [1.807, 2.05) is 38.1 Å². The third-order valence-electron chi connectivity index (χ3n) is 3.97. The predicted molar refractivity (Wildman–Crippen MR) is 82.7 cm³/mol. The fourth-order valence-electron chi connectivity index (χ4n) is 1.90. The number of carbonyl (C=O) groups is 1. The summed E-state index contributed by atoms with van der Waals surface area (Å²) in [6.45, 7) is 7.02. The monoisotopic (exact) mass is 288 g/mol. The molecular formula is C16H20N2O3. The third-order valence-corrected chi connectivity index (χ3v) is 3.97. The first-order chi connectivity index (χ1) is 9.63. The van der Waals surface area contributed by atoms with E-state index in [-0.39, 0.29) is 5.56 Å². The molecule has 1 aromatic carbocycles. The van der Waals surface area contributed by atoms with Crippen LogP contribution < -0.4 is 5.32 Å². The molecule has 0 saturated carbocycles. The number of carboxylic acids is 1. The number of pyridine rings is 1. The van der Waals surface area contributed by atoms with Crippen LogP contribution in [0, 0.1) is 0 Å². The van der Waals surface area contributed by atoms with Crippen LogP contribution in [-0.4, -0.2) is 32.3 Å². The minimum absolute atomic E-state index is 0.0889. The number of para-hydroxylation sites is 1. The summed E-state index contributed by atoms with van der Waals surface area (Å²) in [6.07, 6.45) is 1.34. The van der Waals surface area contributed by atoms with Crippen molar-refractivity contribution in [2.45, 2.75) is 38.8 Å². The zero-order valence-electron chi connectivity index (χ0n) is 12.6. The third kappa shape index (κ3) is 2.83. The zero-order valence-corrected chi connectivity index (χ0v) is 12.6. The molecule has 2 aromatic rings. The second-order valence-electron chi connectivity index (χ2n) is 6.18. The van der Waals surface area contributed by atoms with E-state index in [4.69, 9.17) is 0 Å². The number of anilines is 1. The van der Waals surface area contributed by atoms with Crippen molar-refractivity contribution >= 4 is 22.6 Å². The van der Waals surface area contributed by atoms with Gasteiger partial charge in [-0.25, -0.2) is 4.79 Å². The van der Waals surface area contributed by atoms with E-state index < -0.39 is 17.1 Å². The molecule has 0 aliphatic rings. The molecule has 3 N–H and O–H groups in total. The lowest BCUT2D eigenvalue weighted by Gasteiger charge is -2.39. The zero-order chi connectivity index (χ0) is 15.8. The lowest BCUT2D eigenvalue weighted by Crippen LogP contribution is -2.51. The number of carboxylic acid groups (broad SMARTS) is 1. The number of hydrogen-bond acceptors (Lipinski definition) is 4. The summed E-state index contributed by atoms with van der Waals surface area (Å²) in [6, 6.07) is 7.32. The van der Waals surface area contributed by atoms with Crippen LogP contribution in [0.25, 0.3) is 10.9 Å². The highest BCUT2D eigenvalue weighted by molar-refractivity contribution is 6.04. The number of aromatic carboxylic acids is 1. The van der Waals surface area contributed by atoms with E-state index in [0.29, 0.717) is 11.2 Å². The van der Waals surface area contributed by atoms with Crippen LogP contribution in [0.2, 0.25) is 0 Å². The first kappa shape index (κ1) is 15.3. The van der Waals surface area contributed by atoms with Gasteiger partial charge in [0.2, 0.25) is 0 Å². The van der Waals surface area contributed by atoms with Gasteiger partial charge in [0.1, 0.15) is 5.56 Å². The molecule has 0 spiro atoms. The summed E-state index contributed by atoms with van der Waals surface area (Å²) in [5.41, 5.74) is -0.489. The van der Waals surface area contributed by atoms with Gasteiger partial charge in [-0.1, -0.05) is 18.2 Å². The second kappa shape index (κ2) is 5.00. The second-order valence-corrected chi connectivity index (χ2v) is 6.18. The van der Waals surface area contributed by atoms with Gasteiger partial charge in [0.05, 0.1) is 22.3 Å². The van der Waals surface area contributed by atoms with Crippen LogP contribution >= 0.6 is 0 Å². The van der Waals surface area contributed by atoms with Gasteiger partial charge in [0.15, 0.2) is 0 Å². The number of benzene rings is 1. The summed E-state index contributed by atoms with van der Waals surface area (Å²) in [5, 5.41) is 23.6. The molecule has 2 rings (SSSR count). The van der Waals surface area contributed by atoms with E-state index in [1.54, 1.807) is 13.8 Å². The molecule has 112 valence electrons. The summed E-state index contributed by atoms with van der Waals surface area (Å²) >= 11 is 0. The van der Waals surface area contributed by atoms with Gasteiger partial charge in [0, 0.05) is 11.6 Å². The van der Waals surface area contributed by atoms with Crippen molar-refractivity contribution in [3.05, 3.63) is 36.0 Å². The Morgan fingerprint density at radius 1 is 1.19 bits per heavy atom. The van der Waals surface area contributed by atoms with Crippen LogP contribution in [-0.2, 0) is 0 Å². The first-order valence-electron chi connectivity index (χ1n) is 6.75. The standard InChI is InChI=1S/C16H20N2O3/c1-15(2,16(3,4)21)18-13-10-7-5-6-8-12(10)17-9-11(13)14(19)20/h5-9,21H,1-4H3,(H,17,18)(H,19,20). The van der Waals surface area contributed by atoms with Gasteiger partial charge >= 0.3 is 5.97 Å².